The zero-order valence-corrected chi connectivity index (χ0v) is 19.8. The summed E-state index contributed by atoms with van der Waals surface area (Å²) in [7, 11) is 0. The van der Waals surface area contributed by atoms with Crippen molar-refractivity contribution in [2.45, 2.75) is 20.4 Å². The third-order valence-electron chi connectivity index (χ3n) is 6.05. The Morgan fingerprint density at radius 3 is 2.43 bits per heavy atom. The number of aryl methyl sites for hydroxylation is 2. The summed E-state index contributed by atoms with van der Waals surface area (Å²) in [6, 6.07) is 14.1. The third kappa shape index (κ3) is 5.13. The van der Waals surface area contributed by atoms with Crippen LogP contribution in [0.5, 0.6) is 11.8 Å². The van der Waals surface area contributed by atoms with Crippen molar-refractivity contribution in [3.8, 4) is 22.9 Å². The highest BCUT2D eigenvalue weighted by Crippen LogP contribution is 2.31. The summed E-state index contributed by atoms with van der Waals surface area (Å²) in [5.41, 5.74) is 4.98. The molecular weight excluding hydrogens is 442 g/mol. The first-order chi connectivity index (χ1) is 17.1. The Hall–Kier alpha value is -4.27. The van der Waals surface area contributed by atoms with Gasteiger partial charge < -0.3 is 14.5 Å². The maximum absolute atomic E-state index is 12.8. The highest BCUT2D eigenvalue weighted by atomic mass is 16.5. The standard InChI is InChI=1S/C26H27N7O2/c1-19-14-20(2)33(30-19)18-25(34)32-12-10-31(11-13-32)24-8-4-3-7-23(24)21-15-28-26(29-16-21)35-22-6-5-9-27-17-22/h3-9,14-17H,10-13,18H2,1-2H3. The van der Waals surface area contributed by atoms with Gasteiger partial charge in [0.25, 0.3) is 0 Å². The Kier molecular flexibility index (Phi) is 6.38. The first-order valence-corrected chi connectivity index (χ1v) is 11.6. The molecular formula is C26H27N7O2. The van der Waals surface area contributed by atoms with Crippen LogP contribution in [0.2, 0.25) is 0 Å². The lowest BCUT2D eigenvalue weighted by Gasteiger charge is -2.37. The quantitative estimate of drug-likeness (QED) is 0.427. The molecule has 5 rings (SSSR count). The maximum Gasteiger partial charge on any atom is 0.321 e. The van der Waals surface area contributed by atoms with E-state index < -0.39 is 0 Å². The molecule has 35 heavy (non-hydrogen) atoms. The smallest absolute Gasteiger partial charge is 0.321 e. The number of aromatic nitrogens is 5. The van der Waals surface area contributed by atoms with Crippen LogP contribution >= 0.6 is 0 Å². The third-order valence-corrected chi connectivity index (χ3v) is 6.05. The number of para-hydroxylation sites is 1. The Morgan fingerprint density at radius 1 is 0.971 bits per heavy atom. The molecule has 1 aliphatic rings. The van der Waals surface area contributed by atoms with Gasteiger partial charge in [-0.3, -0.25) is 14.5 Å². The van der Waals surface area contributed by atoms with Gasteiger partial charge in [-0.1, -0.05) is 18.2 Å². The molecule has 9 nitrogen and oxygen atoms in total. The molecule has 9 heteroatoms. The monoisotopic (exact) mass is 469 g/mol. The van der Waals surface area contributed by atoms with E-state index in [1.54, 1.807) is 41.6 Å². The molecule has 0 radical (unpaired) electrons. The van der Waals surface area contributed by atoms with E-state index in [1.807, 2.05) is 36.9 Å². The number of carbonyl (C=O) groups is 1. The molecule has 4 aromatic rings. The lowest BCUT2D eigenvalue weighted by Crippen LogP contribution is -2.49. The van der Waals surface area contributed by atoms with Gasteiger partial charge in [0.15, 0.2) is 0 Å². The van der Waals surface area contributed by atoms with Crippen LogP contribution in [0.3, 0.4) is 0 Å². The van der Waals surface area contributed by atoms with Gasteiger partial charge in [-0.25, -0.2) is 9.97 Å². The molecule has 0 unspecified atom stereocenters. The van der Waals surface area contributed by atoms with Crippen molar-refractivity contribution in [1.29, 1.82) is 0 Å². The van der Waals surface area contributed by atoms with E-state index in [4.69, 9.17) is 4.74 Å². The number of rotatable bonds is 6. The molecule has 0 spiro atoms. The molecule has 0 bridgehead atoms. The van der Waals surface area contributed by atoms with Crippen LogP contribution in [0.4, 0.5) is 5.69 Å². The summed E-state index contributed by atoms with van der Waals surface area (Å²) < 4.78 is 7.44. The molecule has 4 heterocycles. The Bertz CT molecular complexity index is 1300. The van der Waals surface area contributed by atoms with Gasteiger partial charge in [0.2, 0.25) is 5.91 Å². The van der Waals surface area contributed by atoms with E-state index in [-0.39, 0.29) is 18.5 Å². The molecule has 1 aliphatic heterocycles. The van der Waals surface area contributed by atoms with Crippen molar-refractivity contribution < 1.29 is 9.53 Å². The highest BCUT2D eigenvalue weighted by Gasteiger charge is 2.23. The van der Waals surface area contributed by atoms with Crippen molar-refractivity contribution >= 4 is 11.6 Å². The summed E-state index contributed by atoms with van der Waals surface area (Å²) in [4.78, 5) is 29.9. The fourth-order valence-electron chi connectivity index (χ4n) is 4.27. The van der Waals surface area contributed by atoms with Gasteiger partial charge >= 0.3 is 6.01 Å². The fraction of sp³-hybridized carbons (Fsp3) is 0.269. The zero-order chi connectivity index (χ0) is 24.2. The minimum absolute atomic E-state index is 0.0988. The van der Waals surface area contributed by atoms with Gasteiger partial charge in [0.05, 0.1) is 11.9 Å². The number of anilines is 1. The molecule has 1 fully saturated rings. The number of ether oxygens (including phenoxy) is 1. The molecule has 0 saturated carbocycles. The number of piperazine rings is 1. The van der Waals surface area contributed by atoms with Crippen LogP contribution in [0.25, 0.3) is 11.1 Å². The van der Waals surface area contributed by atoms with E-state index in [0.717, 1.165) is 41.3 Å². The number of pyridine rings is 1. The number of carbonyl (C=O) groups excluding carboxylic acids is 1. The molecule has 0 atom stereocenters. The van der Waals surface area contributed by atoms with Gasteiger partial charge in [-0.15, -0.1) is 0 Å². The van der Waals surface area contributed by atoms with Crippen LogP contribution < -0.4 is 9.64 Å². The molecule has 0 aliphatic carbocycles. The number of amides is 1. The molecule has 178 valence electrons. The average Bonchev–Trinajstić information content (AvgIpc) is 3.21. The topological polar surface area (TPSA) is 89.3 Å². The second-order valence-corrected chi connectivity index (χ2v) is 8.51. The van der Waals surface area contributed by atoms with Crippen molar-refractivity contribution in [3.63, 3.8) is 0 Å². The van der Waals surface area contributed by atoms with Gasteiger partial charge in [0, 0.05) is 67.3 Å². The number of benzene rings is 1. The fourth-order valence-corrected chi connectivity index (χ4v) is 4.27. The Labute approximate surface area is 204 Å². The zero-order valence-electron chi connectivity index (χ0n) is 19.8. The largest absolute Gasteiger partial charge is 0.423 e. The second kappa shape index (κ2) is 9.92. The first-order valence-electron chi connectivity index (χ1n) is 11.6. The Balaban J connectivity index is 1.25. The van der Waals surface area contributed by atoms with E-state index in [1.165, 1.54) is 0 Å². The van der Waals surface area contributed by atoms with Crippen molar-refractivity contribution in [1.82, 2.24) is 29.6 Å². The van der Waals surface area contributed by atoms with Crippen molar-refractivity contribution in [3.05, 3.63) is 78.6 Å². The predicted molar refractivity (Wildman–Crippen MR) is 132 cm³/mol. The molecule has 1 amide bonds. The maximum atomic E-state index is 12.8. The summed E-state index contributed by atoms with van der Waals surface area (Å²) in [6.07, 6.45) is 6.84. The van der Waals surface area contributed by atoms with E-state index in [9.17, 15) is 4.79 Å². The highest BCUT2D eigenvalue weighted by molar-refractivity contribution is 5.79. The minimum atomic E-state index is 0.0988. The van der Waals surface area contributed by atoms with E-state index >= 15 is 0 Å². The van der Waals surface area contributed by atoms with Crippen LogP contribution in [0, 0.1) is 13.8 Å². The number of hydrogen-bond acceptors (Lipinski definition) is 7. The number of nitrogens with zero attached hydrogens (tertiary/aromatic N) is 7. The van der Waals surface area contributed by atoms with Gasteiger partial charge in [-0.05, 0) is 38.1 Å². The summed E-state index contributed by atoms with van der Waals surface area (Å²) in [5.74, 6) is 0.688. The molecule has 0 N–H and O–H groups in total. The Morgan fingerprint density at radius 2 is 1.74 bits per heavy atom. The second-order valence-electron chi connectivity index (χ2n) is 8.51. The van der Waals surface area contributed by atoms with Gasteiger partial charge in [0.1, 0.15) is 12.3 Å². The summed E-state index contributed by atoms with van der Waals surface area (Å²) >= 11 is 0. The van der Waals surface area contributed by atoms with Crippen molar-refractivity contribution in [2.24, 2.45) is 0 Å². The van der Waals surface area contributed by atoms with E-state index in [2.05, 4.69) is 37.1 Å². The van der Waals surface area contributed by atoms with Crippen LogP contribution in [-0.2, 0) is 11.3 Å². The van der Waals surface area contributed by atoms with Crippen molar-refractivity contribution in [2.75, 3.05) is 31.1 Å². The SMILES string of the molecule is Cc1cc(C)n(CC(=O)N2CCN(c3ccccc3-c3cnc(Oc4cccnc4)nc3)CC2)n1. The average molecular weight is 470 g/mol. The molecule has 1 aromatic carbocycles. The lowest BCUT2D eigenvalue weighted by molar-refractivity contribution is -0.132. The summed E-state index contributed by atoms with van der Waals surface area (Å²) in [5, 5.41) is 4.42. The molecule has 3 aromatic heterocycles. The lowest BCUT2D eigenvalue weighted by atomic mass is 10.1. The molecule has 1 saturated heterocycles. The predicted octanol–water partition coefficient (Wildman–Crippen LogP) is 3.49. The minimum Gasteiger partial charge on any atom is -0.423 e. The number of hydrogen-bond donors (Lipinski definition) is 0. The summed E-state index contributed by atoms with van der Waals surface area (Å²) in [6.45, 7) is 7.04. The normalized spacial score (nSPS) is 13.7. The van der Waals surface area contributed by atoms with Crippen LogP contribution in [0.1, 0.15) is 11.4 Å². The first kappa shape index (κ1) is 22.5. The van der Waals surface area contributed by atoms with Crippen LogP contribution in [0.15, 0.2) is 67.3 Å². The van der Waals surface area contributed by atoms with Crippen LogP contribution in [-0.4, -0.2) is 61.7 Å². The van der Waals surface area contributed by atoms with E-state index in [0.29, 0.717) is 18.8 Å². The van der Waals surface area contributed by atoms with Gasteiger partial charge in [-0.2, -0.15) is 5.10 Å².